The van der Waals surface area contributed by atoms with Crippen LogP contribution in [0.3, 0.4) is 0 Å². The Kier molecular flexibility index (Phi) is 3.04. The van der Waals surface area contributed by atoms with Crippen LogP contribution in [0.2, 0.25) is 0 Å². The summed E-state index contributed by atoms with van der Waals surface area (Å²) in [5, 5.41) is -1.02. The van der Waals surface area contributed by atoms with Crippen LogP contribution >= 0.6 is 0 Å². The Morgan fingerprint density at radius 2 is 1.93 bits per heavy atom. The van der Waals surface area contributed by atoms with Crippen molar-refractivity contribution in [2.45, 2.75) is 26.0 Å². The lowest BCUT2D eigenvalue weighted by Crippen LogP contribution is -2.26. The minimum Gasteiger partial charge on any atom is -0.466 e. The predicted octanol–water partition coefficient (Wildman–Crippen LogP) is 1.51. The number of sulfone groups is 1. The van der Waals surface area contributed by atoms with Crippen LogP contribution in [-0.4, -0.2) is 25.7 Å². The average molecular weight is 230 g/mol. The topological polar surface area (TPSA) is 64.3 Å². The number of furan rings is 1. The molecule has 15 heavy (non-hydrogen) atoms. The van der Waals surface area contributed by atoms with Crippen LogP contribution in [0.4, 0.5) is 0 Å². The molecule has 0 fully saturated rings. The molecule has 1 heterocycles. The number of rotatable bonds is 3. The Bertz CT molecular complexity index is 482. The maximum atomic E-state index is 11.8. The molecule has 4 nitrogen and oxygen atoms in total. The van der Waals surface area contributed by atoms with Crippen molar-refractivity contribution >= 4 is 15.6 Å². The molecule has 1 aromatic rings. The Hall–Kier alpha value is -1.10. The van der Waals surface area contributed by atoms with Crippen LogP contribution in [0.1, 0.15) is 28.8 Å². The third kappa shape index (κ3) is 2.47. The molecule has 0 saturated heterocycles. The Balaban J connectivity index is 3.11. The molecule has 0 aliphatic rings. The van der Waals surface area contributed by atoms with E-state index < -0.39 is 20.9 Å². The van der Waals surface area contributed by atoms with Gasteiger partial charge >= 0.3 is 0 Å². The molecule has 1 rings (SSSR count). The lowest BCUT2D eigenvalue weighted by Gasteiger charge is -2.06. The minimum atomic E-state index is -3.35. The number of ketones is 1. The molecule has 0 aliphatic carbocycles. The van der Waals surface area contributed by atoms with Crippen LogP contribution in [0.25, 0.3) is 0 Å². The van der Waals surface area contributed by atoms with Crippen molar-refractivity contribution in [1.29, 1.82) is 0 Å². The number of carbonyl (C=O) groups excluding carboxylic acids is 1. The zero-order chi connectivity index (χ0) is 11.8. The molecule has 0 spiro atoms. The molecule has 1 aromatic heterocycles. The van der Waals surface area contributed by atoms with E-state index in [9.17, 15) is 13.2 Å². The Morgan fingerprint density at radius 3 is 2.27 bits per heavy atom. The van der Waals surface area contributed by atoms with Gasteiger partial charge in [-0.2, -0.15) is 0 Å². The van der Waals surface area contributed by atoms with Crippen molar-refractivity contribution in [3.8, 4) is 0 Å². The van der Waals surface area contributed by atoms with Crippen molar-refractivity contribution in [3.63, 3.8) is 0 Å². The van der Waals surface area contributed by atoms with Gasteiger partial charge < -0.3 is 4.42 Å². The van der Waals surface area contributed by atoms with E-state index in [4.69, 9.17) is 4.42 Å². The highest BCUT2D eigenvalue weighted by Crippen LogP contribution is 2.17. The van der Waals surface area contributed by atoms with Crippen molar-refractivity contribution in [1.82, 2.24) is 0 Å². The van der Waals surface area contributed by atoms with E-state index in [1.54, 1.807) is 19.9 Å². The lowest BCUT2D eigenvalue weighted by atomic mass is 10.1. The average Bonchev–Trinajstić information content (AvgIpc) is 2.41. The first-order valence-corrected chi connectivity index (χ1v) is 6.49. The summed E-state index contributed by atoms with van der Waals surface area (Å²) >= 11 is 0. The van der Waals surface area contributed by atoms with Gasteiger partial charge in [-0.25, -0.2) is 8.42 Å². The molecule has 0 amide bonds. The van der Waals surface area contributed by atoms with Gasteiger partial charge in [0.1, 0.15) is 16.8 Å². The Morgan fingerprint density at radius 1 is 1.40 bits per heavy atom. The largest absolute Gasteiger partial charge is 0.466 e. The van der Waals surface area contributed by atoms with Gasteiger partial charge in [0, 0.05) is 6.26 Å². The summed E-state index contributed by atoms with van der Waals surface area (Å²) < 4.78 is 27.6. The van der Waals surface area contributed by atoms with Crippen LogP contribution in [0, 0.1) is 13.8 Å². The quantitative estimate of drug-likeness (QED) is 0.738. The first kappa shape index (κ1) is 12.0. The standard InChI is InChI=1S/C10H14O4S/c1-6-5-9(7(2)14-6)10(11)8(3)15(4,12)13/h5,8H,1-4H3. The lowest BCUT2D eigenvalue weighted by molar-refractivity contribution is 0.0990. The molecular weight excluding hydrogens is 216 g/mol. The Labute approximate surface area is 89.2 Å². The van der Waals surface area contributed by atoms with Crippen LogP contribution < -0.4 is 0 Å². The monoisotopic (exact) mass is 230 g/mol. The summed E-state index contributed by atoms with van der Waals surface area (Å²) in [5.74, 6) is 0.663. The fourth-order valence-corrected chi connectivity index (χ4v) is 1.80. The summed E-state index contributed by atoms with van der Waals surface area (Å²) in [7, 11) is -3.35. The van der Waals surface area contributed by atoms with E-state index in [0.717, 1.165) is 6.26 Å². The van der Waals surface area contributed by atoms with Gasteiger partial charge in [-0.05, 0) is 26.8 Å². The van der Waals surface area contributed by atoms with Gasteiger partial charge in [0.25, 0.3) is 0 Å². The fourth-order valence-electron chi connectivity index (χ4n) is 1.29. The minimum absolute atomic E-state index is 0.352. The number of aryl methyl sites for hydroxylation is 2. The second kappa shape index (κ2) is 3.81. The van der Waals surface area contributed by atoms with Gasteiger partial charge in [0.2, 0.25) is 0 Å². The number of hydrogen-bond acceptors (Lipinski definition) is 4. The molecule has 0 aromatic carbocycles. The first-order chi connectivity index (χ1) is 6.73. The molecule has 1 atom stereocenters. The third-order valence-electron chi connectivity index (χ3n) is 2.32. The smallest absolute Gasteiger partial charge is 0.184 e. The zero-order valence-corrected chi connectivity index (χ0v) is 10.0. The van der Waals surface area contributed by atoms with Gasteiger partial charge in [-0.3, -0.25) is 4.79 Å². The van der Waals surface area contributed by atoms with Gasteiger partial charge in [0.05, 0.1) is 5.56 Å². The van der Waals surface area contributed by atoms with Crippen molar-refractivity contribution in [3.05, 3.63) is 23.2 Å². The van der Waals surface area contributed by atoms with Crippen molar-refractivity contribution in [2.24, 2.45) is 0 Å². The van der Waals surface area contributed by atoms with Crippen LogP contribution in [0.15, 0.2) is 10.5 Å². The normalized spacial score (nSPS) is 13.9. The van der Waals surface area contributed by atoms with Crippen molar-refractivity contribution in [2.75, 3.05) is 6.26 Å². The summed E-state index contributed by atoms with van der Waals surface area (Å²) in [6.45, 7) is 4.75. The van der Waals surface area contributed by atoms with E-state index in [0.29, 0.717) is 17.1 Å². The molecule has 0 bridgehead atoms. The van der Waals surface area contributed by atoms with Crippen LogP contribution in [0.5, 0.6) is 0 Å². The molecule has 0 radical (unpaired) electrons. The van der Waals surface area contributed by atoms with Gasteiger partial charge in [-0.1, -0.05) is 0 Å². The SMILES string of the molecule is Cc1cc(C(=O)C(C)S(C)(=O)=O)c(C)o1. The molecule has 5 heteroatoms. The number of carbonyl (C=O) groups is 1. The molecule has 1 unspecified atom stereocenters. The second-order valence-electron chi connectivity index (χ2n) is 3.66. The highest BCUT2D eigenvalue weighted by molar-refractivity contribution is 7.92. The molecule has 0 saturated carbocycles. The number of hydrogen-bond donors (Lipinski definition) is 0. The summed E-state index contributed by atoms with van der Waals surface area (Å²) in [6.07, 6.45) is 1.05. The molecular formula is C10H14O4S. The van der Waals surface area contributed by atoms with Crippen molar-refractivity contribution < 1.29 is 17.6 Å². The van der Waals surface area contributed by atoms with E-state index in [1.807, 2.05) is 0 Å². The maximum absolute atomic E-state index is 11.8. The van der Waals surface area contributed by atoms with E-state index in [2.05, 4.69) is 0 Å². The predicted molar refractivity (Wildman–Crippen MR) is 56.8 cm³/mol. The molecule has 84 valence electrons. The second-order valence-corrected chi connectivity index (χ2v) is 6.03. The fraction of sp³-hybridized carbons (Fsp3) is 0.500. The summed E-state index contributed by atoms with van der Waals surface area (Å²) in [6, 6.07) is 1.57. The van der Waals surface area contributed by atoms with E-state index in [1.165, 1.54) is 6.92 Å². The third-order valence-corrected chi connectivity index (χ3v) is 3.82. The summed E-state index contributed by atoms with van der Waals surface area (Å²) in [4.78, 5) is 11.8. The number of Topliss-reactive ketones (excluding diaryl/α,β-unsaturated/α-hetero) is 1. The molecule has 0 N–H and O–H groups in total. The van der Waals surface area contributed by atoms with E-state index in [-0.39, 0.29) is 0 Å². The van der Waals surface area contributed by atoms with Gasteiger partial charge in [0.15, 0.2) is 15.6 Å². The van der Waals surface area contributed by atoms with Crippen LogP contribution in [-0.2, 0) is 9.84 Å². The molecule has 0 aliphatic heterocycles. The summed E-state index contributed by atoms with van der Waals surface area (Å²) in [5.41, 5.74) is 0.352. The first-order valence-electron chi connectivity index (χ1n) is 4.53. The van der Waals surface area contributed by atoms with E-state index >= 15 is 0 Å². The maximum Gasteiger partial charge on any atom is 0.184 e. The highest BCUT2D eigenvalue weighted by Gasteiger charge is 2.27. The van der Waals surface area contributed by atoms with Gasteiger partial charge in [-0.15, -0.1) is 0 Å². The highest BCUT2D eigenvalue weighted by atomic mass is 32.2. The zero-order valence-electron chi connectivity index (χ0n) is 9.20.